The van der Waals surface area contributed by atoms with E-state index < -0.39 is 23.6 Å². The number of hydrogen-bond donors (Lipinski definition) is 2. The molecule has 6 nitrogen and oxygen atoms in total. The Morgan fingerprint density at radius 1 is 1.06 bits per heavy atom. The predicted molar refractivity (Wildman–Crippen MR) is 117 cm³/mol. The summed E-state index contributed by atoms with van der Waals surface area (Å²) in [5.74, 6) is -2.05. The first-order chi connectivity index (χ1) is 14.8. The van der Waals surface area contributed by atoms with Gasteiger partial charge in [0, 0.05) is 50.0 Å². The minimum absolute atomic E-state index is 0.187. The van der Waals surface area contributed by atoms with Gasteiger partial charge in [0.2, 0.25) is 5.91 Å². The van der Waals surface area contributed by atoms with E-state index >= 15 is 0 Å². The van der Waals surface area contributed by atoms with Gasteiger partial charge < -0.3 is 20.4 Å². The topological polar surface area (TPSA) is 64.7 Å². The Hall–Kier alpha value is -3.00. The summed E-state index contributed by atoms with van der Waals surface area (Å²) in [6.45, 7) is 9.62. The number of benzene rings is 2. The van der Waals surface area contributed by atoms with E-state index in [0.717, 1.165) is 44.5 Å². The summed E-state index contributed by atoms with van der Waals surface area (Å²) in [5, 5.41) is 5.30. The number of amides is 2. The van der Waals surface area contributed by atoms with E-state index in [1.54, 1.807) is 13.0 Å². The number of nitrogens with one attached hydrogen (secondary N) is 2. The van der Waals surface area contributed by atoms with Crippen LogP contribution in [-0.2, 0) is 4.79 Å². The van der Waals surface area contributed by atoms with Gasteiger partial charge in [-0.1, -0.05) is 6.92 Å². The van der Waals surface area contributed by atoms with Crippen molar-refractivity contribution in [2.75, 3.05) is 42.9 Å². The van der Waals surface area contributed by atoms with Crippen LogP contribution in [0.3, 0.4) is 0 Å². The SMILES string of the molecule is CCN1CCN(c2ccc(F)cc2C(C)NC(=O)c2cc(NC(C)=O)ccc2F)CC1. The first-order valence-electron chi connectivity index (χ1n) is 10.4. The molecule has 1 unspecified atom stereocenters. The molecule has 0 spiro atoms. The molecule has 1 heterocycles. The lowest BCUT2D eigenvalue weighted by Crippen LogP contribution is -2.46. The molecule has 2 aromatic carbocycles. The van der Waals surface area contributed by atoms with Crippen molar-refractivity contribution in [3.05, 3.63) is 59.2 Å². The van der Waals surface area contributed by atoms with E-state index in [4.69, 9.17) is 0 Å². The normalized spacial score (nSPS) is 15.5. The first-order valence-corrected chi connectivity index (χ1v) is 10.4. The summed E-state index contributed by atoms with van der Waals surface area (Å²) in [5.41, 5.74) is 1.63. The third-order valence-corrected chi connectivity index (χ3v) is 5.50. The largest absolute Gasteiger partial charge is 0.369 e. The van der Waals surface area contributed by atoms with Crippen LogP contribution < -0.4 is 15.5 Å². The van der Waals surface area contributed by atoms with Gasteiger partial charge in [-0.05, 0) is 49.9 Å². The van der Waals surface area contributed by atoms with Crippen LogP contribution in [-0.4, -0.2) is 49.4 Å². The maximum absolute atomic E-state index is 14.3. The third kappa shape index (κ3) is 5.58. The molecular formula is C23H28F2N4O2. The van der Waals surface area contributed by atoms with E-state index in [0.29, 0.717) is 11.3 Å². The van der Waals surface area contributed by atoms with Gasteiger partial charge in [0.15, 0.2) is 0 Å². The lowest BCUT2D eigenvalue weighted by molar-refractivity contribution is -0.114. The van der Waals surface area contributed by atoms with Crippen LogP contribution in [0.5, 0.6) is 0 Å². The monoisotopic (exact) mass is 430 g/mol. The second kappa shape index (κ2) is 9.87. The van der Waals surface area contributed by atoms with Crippen LogP contribution in [0.4, 0.5) is 20.2 Å². The molecule has 166 valence electrons. The van der Waals surface area contributed by atoms with Crippen LogP contribution in [0.2, 0.25) is 0 Å². The van der Waals surface area contributed by atoms with Crippen molar-refractivity contribution in [3.63, 3.8) is 0 Å². The Bertz CT molecular complexity index is 959. The highest BCUT2D eigenvalue weighted by atomic mass is 19.1. The quantitative estimate of drug-likeness (QED) is 0.736. The van der Waals surface area contributed by atoms with Gasteiger partial charge in [0.05, 0.1) is 11.6 Å². The summed E-state index contributed by atoms with van der Waals surface area (Å²) in [7, 11) is 0. The minimum atomic E-state index is -0.700. The fourth-order valence-electron chi connectivity index (χ4n) is 3.80. The lowest BCUT2D eigenvalue weighted by Gasteiger charge is -2.37. The number of carbonyl (C=O) groups is 2. The Morgan fingerprint density at radius 3 is 2.42 bits per heavy atom. The van der Waals surface area contributed by atoms with Gasteiger partial charge in [-0.25, -0.2) is 8.78 Å². The molecule has 0 aromatic heterocycles. The average molecular weight is 430 g/mol. The van der Waals surface area contributed by atoms with Crippen LogP contribution in [0.25, 0.3) is 0 Å². The van der Waals surface area contributed by atoms with E-state index in [2.05, 4.69) is 27.4 Å². The second-order valence-corrected chi connectivity index (χ2v) is 7.70. The van der Waals surface area contributed by atoms with Crippen molar-refractivity contribution in [1.29, 1.82) is 0 Å². The summed E-state index contributed by atoms with van der Waals surface area (Å²) in [4.78, 5) is 28.5. The Morgan fingerprint density at radius 2 is 1.77 bits per heavy atom. The van der Waals surface area contributed by atoms with Crippen molar-refractivity contribution < 1.29 is 18.4 Å². The summed E-state index contributed by atoms with van der Waals surface area (Å²) in [6.07, 6.45) is 0. The van der Waals surface area contributed by atoms with Crippen molar-refractivity contribution in [2.24, 2.45) is 0 Å². The Balaban J connectivity index is 1.80. The molecule has 2 amide bonds. The van der Waals surface area contributed by atoms with E-state index in [9.17, 15) is 18.4 Å². The molecule has 1 atom stereocenters. The molecule has 0 bridgehead atoms. The average Bonchev–Trinajstić information content (AvgIpc) is 2.74. The van der Waals surface area contributed by atoms with Crippen molar-refractivity contribution in [3.8, 4) is 0 Å². The predicted octanol–water partition coefficient (Wildman–Crippen LogP) is 3.56. The molecule has 0 saturated carbocycles. The van der Waals surface area contributed by atoms with Gasteiger partial charge in [-0.3, -0.25) is 9.59 Å². The molecule has 0 radical (unpaired) electrons. The van der Waals surface area contributed by atoms with Crippen LogP contribution >= 0.6 is 0 Å². The summed E-state index contributed by atoms with van der Waals surface area (Å²) in [6, 6.07) is 7.81. The molecule has 2 N–H and O–H groups in total. The van der Waals surface area contributed by atoms with Crippen molar-refractivity contribution in [2.45, 2.75) is 26.8 Å². The highest BCUT2D eigenvalue weighted by Crippen LogP contribution is 2.29. The van der Waals surface area contributed by atoms with Crippen LogP contribution in [0.1, 0.15) is 42.7 Å². The maximum Gasteiger partial charge on any atom is 0.254 e. The molecule has 2 aromatic rings. The Labute approximate surface area is 181 Å². The molecule has 1 saturated heterocycles. The number of nitrogens with zero attached hydrogens (tertiary/aromatic N) is 2. The number of rotatable bonds is 6. The van der Waals surface area contributed by atoms with Gasteiger partial charge in [-0.15, -0.1) is 0 Å². The molecule has 0 aliphatic carbocycles. The summed E-state index contributed by atoms with van der Waals surface area (Å²) < 4.78 is 28.3. The molecule has 1 fully saturated rings. The zero-order valence-corrected chi connectivity index (χ0v) is 18.0. The molecule has 1 aliphatic heterocycles. The second-order valence-electron chi connectivity index (χ2n) is 7.70. The number of piperazine rings is 1. The maximum atomic E-state index is 14.3. The number of likely N-dealkylation sites (N-methyl/N-ethyl adjacent to an activating group) is 1. The zero-order chi connectivity index (χ0) is 22.5. The van der Waals surface area contributed by atoms with Crippen molar-refractivity contribution in [1.82, 2.24) is 10.2 Å². The van der Waals surface area contributed by atoms with E-state index in [-0.39, 0.29) is 11.5 Å². The molecule has 8 heteroatoms. The molecule has 1 aliphatic rings. The standard InChI is InChI=1S/C23H28F2N4O2/c1-4-28-9-11-29(12-10-28)22-8-5-17(24)13-19(22)15(2)26-23(31)20-14-18(27-16(3)30)6-7-21(20)25/h5-8,13-15H,4,9-12H2,1-3H3,(H,26,31)(H,27,30). The molecule has 31 heavy (non-hydrogen) atoms. The van der Waals surface area contributed by atoms with Gasteiger partial charge in [-0.2, -0.15) is 0 Å². The van der Waals surface area contributed by atoms with E-state index in [1.807, 2.05) is 0 Å². The zero-order valence-electron chi connectivity index (χ0n) is 18.0. The van der Waals surface area contributed by atoms with Crippen LogP contribution in [0, 0.1) is 11.6 Å². The fourth-order valence-corrected chi connectivity index (χ4v) is 3.80. The van der Waals surface area contributed by atoms with Crippen molar-refractivity contribution >= 4 is 23.2 Å². The van der Waals surface area contributed by atoms with Crippen LogP contribution in [0.15, 0.2) is 36.4 Å². The number of anilines is 2. The molecule has 3 rings (SSSR count). The number of halogens is 2. The Kier molecular flexibility index (Phi) is 7.22. The highest BCUT2D eigenvalue weighted by molar-refractivity contribution is 5.97. The fraction of sp³-hybridized carbons (Fsp3) is 0.391. The third-order valence-electron chi connectivity index (χ3n) is 5.50. The van der Waals surface area contributed by atoms with Gasteiger partial charge in [0.1, 0.15) is 11.6 Å². The number of hydrogen-bond acceptors (Lipinski definition) is 4. The van der Waals surface area contributed by atoms with Gasteiger partial charge >= 0.3 is 0 Å². The highest BCUT2D eigenvalue weighted by Gasteiger charge is 2.23. The first kappa shape index (κ1) is 22.7. The lowest BCUT2D eigenvalue weighted by atomic mass is 10.0. The smallest absolute Gasteiger partial charge is 0.254 e. The van der Waals surface area contributed by atoms with E-state index in [1.165, 1.54) is 31.2 Å². The number of carbonyl (C=O) groups excluding carboxylic acids is 2. The summed E-state index contributed by atoms with van der Waals surface area (Å²) >= 11 is 0. The minimum Gasteiger partial charge on any atom is -0.369 e. The van der Waals surface area contributed by atoms with Gasteiger partial charge in [0.25, 0.3) is 5.91 Å². The molecular weight excluding hydrogens is 402 g/mol.